The maximum Gasteiger partial charge on any atom is 0.346 e. The first kappa shape index (κ1) is 91.2. The number of nitrogens with zero attached hydrogens (tertiary/aromatic N) is 10. The van der Waals surface area contributed by atoms with Gasteiger partial charge in [0.15, 0.2) is 20.4 Å². The Labute approximate surface area is 684 Å². The third-order valence-corrected chi connectivity index (χ3v) is 24.0. The fourth-order valence-electron chi connectivity index (χ4n) is 14.2. The molecule has 0 spiro atoms. The first-order valence-electron chi connectivity index (χ1n) is 36.0. The number of aliphatic hydroxyl groups excluding tert-OH is 1. The predicted octanol–water partition coefficient (Wildman–Crippen LogP) is 9.26. The van der Waals surface area contributed by atoms with Gasteiger partial charge in [-0.15, -0.1) is 0 Å². The number of hydrogen-bond acceptors (Lipinski definition) is 25. The van der Waals surface area contributed by atoms with Gasteiger partial charge in [0.1, 0.15) is 63.6 Å². The van der Waals surface area contributed by atoms with Gasteiger partial charge < -0.3 is 74.6 Å². The zero-order valence-corrected chi connectivity index (χ0v) is 69.1. The first-order valence-corrected chi connectivity index (χ1v) is 42.8. The van der Waals surface area contributed by atoms with Crippen molar-refractivity contribution >= 4 is 103 Å². The second-order valence-corrected chi connectivity index (χ2v) is 33.9. The quantitative estimate of drug-likeness (QED) is 0.0411. The number of carbonyl (C=O) groups excluding carboxylic acids is 1. The van der Waals surface area contributed by atoms with Crippen molar-refractivity contribution in [1.29, 1.82) is 0 Å². The van der Waals surface area contributed by atoms with E-state index in [2.05, 4.69) is 79.5 Å². The molecule has 10 heterocycles. The van der Waals surface area contributed by atoms with Crippen LogP contribution >= 0.6 is 55.1 Å². The van der Waals surface area contributed by atoms with Crippen molar-refractivity contribution in [3.8, 4) is 35.1 Å². The van der Waals surface area contributed by atoms with Crippen LogP contribution in [-0.4, -0.2) is 181 Å². The van der Waals surface area contributed by atoms with Crippen molar-refractivity contribution in [1.82, 2.24) is 59.8 Å². The zero-order chi connectivity index (χ0) is 77.5. The Hall–Kier alpha value is -7.35. The van der Waals surface area contributed by atoms with E-state index in [1.807, 2.05) is 32.4 Å². The molecule has 2 amide bonds. The van der Waals surface area contributed by atoms with E-state index in [-0.39, 0.29) is 107 Å². The second-order valence-electron chi connectivity index (χ2n) is 26.6. The topological polar surface area (TPSA) is 464 Å². The summed E-state index contributed by atoms with van der Waals surface area (Å²) in [6.07, 6.45) is 19.7. The van der Waals surface area contributed by atoms with Gasteiger partial charge >= 0.3 is 16.1 Å². The van der Waals surface area contributed by atoms with E-state index >= 15 is 0 Å². The number of halogens is 4. The van der Waals surface area contributed by atoms with E-state index < -0.39 is 42.3 Å². The Morgan fingerprint density at radius 3 is 1.34 bits per heavy atom. The molecule has 113 heavy (non-hydrogen) atoms. The molecule has 5 unspecified atom stereocenters. The van der Waals surface area contributed by atoms with Gasteiger partial charge in [0.25, 0.3) is 10.0 Å². The number of fused-ring (bicyclic) bond motifs is 9. The predicted molar refractivity (Wildman–Crippen MR) is 429 cm³/mol. The number of sulfonamides is 2. The molecule has 0 radical (unpaired) electrons. The number of benzene rings is 3. The SMILES string of the molecule is C.C.CCOC1COc2c(Br)cnn2C1.CCOC1COc2c(S(=O)(=O)NC(=O)Nc3c4c(cc5c3CCC5)CCC4)cnn2C1.CCOC1COc2c(S(=O)(=O)Oc3c(C)cc(Cl)cc3Cl)cnn2C1.CCOC1COc2c(S(N)(=O)=O)cnn2C1.N.Nc1c2c(cc3c1CCC3)CCC2.O.OC1COc2c(Br)cnn2C1. The van der Waals surface area contributed by atoms with Crippen LogP contribution in [0.25, 0.3) is 0 Å². The standard InChI is InChI=1S/C21H26N4O5S.C15H16Cl2N2O5S.C12H15N.C8H11BrN2O2.C8H13N3O4S.C6H7BrN2O2.2CH4.H3N.H2O/c1-2-29-15-11-25-20(30-12-15)18(10-22-25)31(27,28)24-21(26)23-19-16-7-3-5-13(16)9-14-6-4-8-17(14)19;1-3-22-11-7-19-15(23-8-11)13(6-18-19)25(20,21)24-14-9(2)4-10(16)5-12(14)17;13-12-10-5-1-3-8(10)7-9-4-2-6-11(9)12;1-2-12-6-4-11-8(13-5-6)7(9)3-10-11;1-2-14-6-4-11-8(15-5-6)7(3-10-11)16(9,12)13;7-5-1-8-9-2-4(10)3-11-6(5)9;;;;/h9-10,15H,2-8,11-12H2,1H3,(H2,23,24,26);4-6,11H,3,7-8H2,1-2H3;7H,1-6,13H2;3,6H,2,4-5H2,1H3;3,6H,2,4-5H2,1H3,(H2,9,12,13);1,4,10H,2-3H2;2*1H4;1H3;1H2. The summed E-state index contributed by atoms with van der Waals surface area (Å²) in [5.74, 6) is 1.97. The number of hydrogen-bond donors (Lipinski definition) is 6. The fraction of sp³-hybridized carbons (Fsp3) is 0.528. The number of nitrogen functional groups attached to an aromatic ring is 1. The number of rotatable bonds is 15. The normalized spacial score (nSPS) is 18.7. The van der Waals surface area contributed by atoms with Crippen LogP contribution in [0.2, 0.25) is 10.0 Å². The Morgan fingerprint density at radius 2 is 0.903 bits per heavy atom. The smallest absolute Gasteiger partial charge is 0.346 e. The van der Waals surface area contributed by atoms with Crippen LogP contribution in [0.1, 0.15) is 118 Å². The Kier molecular flexibility index (Phi) is 32.3. The lowest BCUT2D eigenvalue weighted by Crippen LogP contribution is -2.36. The largest absolute Gasteiger partial charge is 0.474 e. The van der Waals surface area contributed by atoms with Crippen LogP contribution in [0.5, 0.6) is 35.1 Å². The average Bonchev–Trinajstić information content (AvgIpc) is 1.67. The number of urea groups is 1. The van der Waals surface area contributed by atoms with Crippen molar-refractivity contribution in [2.75, 3.05) is 70.5 Å². The van der Waals surface area contributed by atoms with Gasteiger partial charge in [0.2, 0.25) is 39.4 Å². The molecule has 3 aromatic carbocycles. The molecule has 41 heteroatoms. The molecule has 4 aliphatic carbocycles. The minimum atomic E-state index is -4.18. The second kappa shape index (κ2) is 40.0. The molecule has 624 valence electrons. The summed E-state index contributed by atoms with van der Waals surface area (Å²) in [4.78, 5) is 12.3. The van der Waals surface area contributed by atoms with Gasteiger partial charge in [-0.1, -0.05) is 50.2 Å². The van der Waals surface area contributed by atoms with Gasteiger partial charge in [0.05, 0.1) is 77.7 Å². The van der Waals surface area contributed by atoms with E-state index in [0.717, 1.165) is 82.4 Å². The number of anilines is 2. The van der Waals surface area contributed by atoms with Gasteiger partial charge in [-0.25, -0.2) is 54.9 Å². The zero-order valence-electron chi connectivity index (χ0n) is 61.9. The van der Waals surface area contributed by atoms with Gasteiger partial charge in [-0.3, -0.25) is 0 Å². The number of aliphatic hydroxyl groups is 1. The summed E-state index contributed by atoms with van der Waals surface area (Å²) in [7, 11) is -12.1. The third-order valence-electron chi connectivity index (χ3n) is 19.0. The summed E-state index contributed by atoms with van der Waals surface area (Å²) in [6, 6.07) is 6.89. The maximum atomic E-state index is 12.9. The molecule has 17 rings (SSSR count). The van der Waals surface area contributed by atoms with Crippen molar-refractivity contribution in [2.45, 2.75) is 204 Å². The summed E-state index contributed by atoms with van der Waals surface area (Å²) in [6.45, 7) is 15.9. The number of carbonyl (C=O) groups is 1. The highest BCUT2D eigenvalue weighted by Gasteiger charge is 2.36. The molecule has 5 atom stereocenters. The minimum absolute atomic E-state index is 0. The van der Waals surface area contributed by atoms with E-state index in [4.69, 9.17) is 86.0 Å². The molecule has 5 aromatic heterocycles. The first-order chi connectivity index (χ1) is 52.2. The molecule has 0 bridgehead atoms. The van der Waals surface area contributed by atoms with E-state index in [0.29, 0.717) is 88.9 Å². The van der Waals surface area contributed by atoms with Crippen LogP contribution in [0.3, 0.4) is 0 Å². The lowest BCUT2D eigenvalue weighted by Gasteiger charge is -2.24. The van der Waals surface area contributed by atoms with Crippen molar-refractivity contribution in [2.24, 2.45) is 5.14 Å². The highest BCUT2D eigenvalue weighted by Crippen LogP contribution is 2.41. The molecule has 8 aromatic rings. The maximum absolute atomic E-state index is 12.9. The number of nitrogens with one attached hydrogen (secondary N) is 2. The number of ether oxygens (including phenoxy) is 9. The fourth-order valence-corrected chi connectivity index (χ4v) is 18.4. The number of nitrogens with two attached hydrogens (primary N) is 2. The summed E-state index contributed by atoms with van der Waals surface area (Å²) >= 11 is 18.6. The van der Waals surface area contributed by atoms with Gasteiger partial charge in [0, 0.05) is 42.8 Å². The van der Waals surface area contributed by atoms with Crippen LogP contribution < -0.4 is 54.9 Å². The van der Waals surface area contributed by atoms with E-state index in [1.165, 1.54) is 111 Å². The van der Waals surface area contributed by atoms with E-state index in [1.54, 1.807) is 30.1 Å². The molecule has 9 aliphatic rings. The molecule has 0 saturated carbocycles. The molecule has 34 nitrogen and oxygen atoms in total. The molecule has 0 saturated heterocycles. The minimum Gasteiger partial charge on any atom is -0.474 e. The van der Waals surface area contributed by atoms with Gasteiger partial charge in [-0.2, -0.15) is 33.9 Å². The number of amides is 2. The monoisotopic (exact) mass is 1800 g/mol. The summed E-state index contributed by atoms with van der Waals surface area (Å²) in [5.41, 5.74) is 19.5. The van der Waals surface area contributed by atoms with Crippen LogP contribution in [-0.2, 0) is 133 Å². The van der Waals surface area contributed by atoms with Gasteiger partial charge in [-0.05, 0) is 206 Å². The highest BCUT2D eigenvalue weighted by molar-refractivity contribution is 9.11. The molecule has 12 N–H and O–H groups in total. The van der Waals surface area contributed by atoms with Crippen LogP contribution in [0.4, 0.5) is 16.2 Å². The molecular weight excluding hydrogens is 1710 g/mol. The van der Waals surface area contributed by atoms with Crippen molar-refractivity contribution < 1.29 is 87.4 Å². The Bertz CT molecular complexity index is 4880. The van der Waals surface area contributed by atoms with Crippen LogP contribution in [0, 0.1) is 6.92 Å². The number of aryl methyl sites for hydroxylation is 5. The Balaban J connectivity index is 0.000000176. The van der Waals surface area contributed by atoms with Crippen molar-refractivity contribution in [3.63, 3.8) is 0 Å². The van der Waals surface area contributed by atoms with Crippen LogP contribution in [0.15, 0.2) is 78.9 Å². The molecule has 0 fully saturated rings. The number of aromatic nitrogens is 10. The average molecular weight is 1810 g/mol. The molecule has 5 aliphatic heterocycles. The lowest BCUT2D eigenvalue weighted by molar-refractivity contribution is -0.00767. The third kappa shape index (κ3) is 21.5. The highest BCUT2D eigenvalue weighted by atomic mass is 79.9. The van der Waals surface area contributed by atoms with Crippen molar-refractivity contribution in [3.05, 3.63) is 124 Å². The Morgan fingerprint density at radius 1 is 0.540 bits per heavy atom. The molecular formula is C72H101Br2Cl2N15O19S3. The van der Waals surface area contributed by atoms with E-state index in [9.17, 15) is 30.0 Å². The summed E-state index contributed by atoms with van der Waals surface area (Å²) in [5, 5.41) is 37.7. The lowest BCUT2D eigenvalue weighted by atomic mass is 9.99. The number of primary sulfonamides is 1. The summed E-state index contributed by atoms with van der Waals surface area (Å²) < 4.78 is 139.